The quantitative estimate of drug-likeness (QED) is 0.353. The van der Waals surface area contributed by atoms with Gasteiger partial charge in [-0.15, -0.1) is 0 Å². The second-order valence-corrected chi connectivity index (χ2v) is 3.28. The third-order valence-electron chi connectivity index (χ3n) is 2.47. The molecule has 0 radical (unpaired) electrons. The first kappa shape index (κ1) is 7.55. The molecule has 3 heteroatoms. The van der Waals surface area contributed by atoms with E-state index in [9.17, 15) is 5.21 Å². The van der Waals surface area contributed by atoms with Crippen molar-refractivity contribution in [2.45, 2.75) is 25.6 Å². The van der Waals surface area contributed by atoms with Crippen molar-refractivity contribution in [2.24, 2.45) is 0 Å². The fourth-order valence-electron chi connectivity index (χ4n) is 1.41. The molecule has 1 aliphatic rings. The molecule has 0 amide bonds. The van der Waals surface area contributed by atoms with Gasteiger partial charge in [-0.1, -0.05) is 0 Å². The molecule has 3 nitrogen and oxygen atoms in total. The Morgan fingerprint density at radius 2 is 2.25 bits per heavy atom. The molecule has 2 atom stereocenters. The van der Waals surface area contributed by atoms with Crippen LogP contribution in [0.5, 0.6) is 0 Å². The van der Waals surface area contributed by atoms with Gasteiger partial charge in [0.2, 0.25) is 5.69 Å². The smallest absolute Gasteiger partial charge is 0.227 e. The summed E-state index contributed by atoms with van der Waals surface area (Å²) in [6, 6.07) is 5.37. The zero-order chi connectivity index (χ0) is 8.77. The van der Waals surface area contributed by atoms with Crippen LogP contribution in [0.2, 0.25) is 0 Å². The number of hydrogen-bond donors (Lipinski definition) is 0. The molecule has 1 saturated heterocycles. The van der Waals surface area contributed by atoms with E-state index in [0.29, 0.717) is 5.69 Å². The van der Waals surface area contributed by atoms with Crippen LogP contribution >= 0.6 is 0 Å². The summed E-state index contributed by atoms with van der Waals surface area (Å²) in [4.78, 5) is 0. The van der Waals surface area contributed by atoms with Crippen molar-refractivity contribution in [1.29, 1.82) is 0 Å². The van der Waals surface area contributed by atoms with Crippen molar-refractivity contribution in [3.8, 4) is 0 Å². The minimum absolute atomic E-state index is 0.153. The maximum Gasteiger partial charge on any atom is 0.227 e. The van der Waals surface area contributed by atoms with Crippen molar-refractivity contribution in [3.05, 3.63) is 35.3 Å². The summed E-state index contributed by atoms with van der Waals surface area (Å²) in [5.41, 5.74) is 0.334. The van der Waals surface area contributed by atoms with Crippen LogP contribution in [0.25, 0.3) is 0 Å². The van der Waals surface area contributed by atoms with E-state index in [4.69, 9.17) is 4.74 Å². The number of hydrogen-bond acceptors (Lipinski definition) is 2. The van der Waals surface area contributed by atoms with E-state index in [-0.39, 0.29) is 11.7 Å². The molecular weight excluding hydrogens is 154 g/mol. The molecule has 0 spiro atoms. The molecule has 12 heavy (non-hydrogen) atoms. The Kier molecular flexibility index (Phi) is 1.38. The van der Waals surface area contributed by atoms with Gasteiger partial charge in [-0.05, 0) is 19.9 Å². The van der Waals surface area contributed by atoms with Crippen LogP contribution in [0.4, 0.5) is 0 Å². The van der Waals surface area contributed by atoms with E-state index >= 15 is 0 Å². The van der Waals surface area contributed by atoms with Crippen LogP contribution in [-0.4, -0.2) is 6.10 Å². The Labute approximate surface area is 71.2 Å². The molecule has 0 aromatic carbocycles. The lowest BCUT2D eigenvalue weighted by molar-refractivity contribution is -0.618. The number of epoxide rings is 1. The average Bonchev–Trinajstić information content (AvgIpc) is 2.61. The average molecular weight is 165 g/mol. The van der Waals surface area contributed by atoms with Gasteiger partial charge in [-0.2, -0.15) is 4.73 Å². The van der Waals surface area contributed by atoms with Gasteiger partial charge in [0.25, 0.3) is 0 Å². The monoisotopic (exact) mass is 165 g/mol. The lowest BCUT2D eigenvalue weighted by atomic mass is 10.0. The SMILES string of the molecule is CC1OC1(C)c1cccc[n+]1[O-]. The van der Waals surface area contributed by atoms with Crippen LogP contribution in [0.3, 0.4) is 0 Å². The van der Waals surface area contributed by atoms with Gasteiger partial charge < -0.3 is 9.94 Å². The largest absolute Gasteiger partial charge is 0.618 e. The molecule has 0 saturated carbocycles. The van der Waals surface area contributed by atoms with Crippen molar-refractivity contribution in [1.82, 2.24) is 0 Å². The Bertz CT molecular complexity index is 313. The first-order valence-corrected chi connectivity index (χ1v) is 4.01. The number of rotatable bonds is 1. The topological polar surface area (TPSA) is 39.5 Å². The second kappa shape index (κ2) is 2.20. The van der Waals surface area contributed by atoms with Gasteiger partial charge in [-0.3, -0.25) is 0 Å². The summed E-state index contributed by atoms with van der Waals surface area (Å²) in [7, 11) is 0. The number of pyridine rings is 1. The molecular formula is C9H11NO2. The number of aromatic nitrogens is 1. The first-order valence-electron chi connectivity index (χ1n) is 4.01. The van der Waals surface area contributed by atoms with E-state index < -0.39 is 0 Å². The van der Waals surface area contributed by atoms with Crippen LogP contribution in [0.15, 0.2) is 24.4 Å². The minimum Gasteiger partial charge on any atom is -0.618 e. The zero-order valence-electron chi connectivity index (χ0n) is 7.15. The molecule has 64 valence electrons. The molecule has 1 aliphatic heterocycles. The lowest BCUT2D eigenvalue weighted by Gasteiger charge is -2.06. The van der Waals surface area contributed by atoms with Crippen molar-refractivity contribution in [3.63, 3.8) is 0 Å². The summed E-state index contributed by atoms with van der Waals surface area (Å²) in [6.45, 7) is 3.90. The van der Waals surface area contributed by atoms with Crippen LogP contribution < -0.4 is 4.73 Å². The van der Waals surface area contributed by atoms with Gasteiger partial charge in [-0.25, -0.2) is 0 Å². The van der Waals surface area contributed by atoms with Gasteiger partial charge in [0.1, 0.15) is 0 Å². The normalized spacial score (nSPS) is 33.3. The maximum absolute atomic E-state index is 11.3. The number of nitrogens with zero attached hydrogens (tertiary/aromatic N) is 1. The van der Waals surface area contributed by atoms with E-state index in [1.54, 1.807) is 12.1 Å². The molecule has 1 fully saturated rings. The Morgan fingerprint density at radius 3 is 2.75 bits per heavy atom. The molecule has 0 N–H and O–H groups in total. The van der Waals surface area contributed by atoms with Gasteiger partial charge in [0.15, 0.2) is 11.8 Å². The van der Waals surface area contributed by atoms with Crippen LogP contribution in [0, 0.1) is 5.21 Å². The third kappa shape index (κ3) is 0.898. The third-order valence-corrected chi connectivity index (χ3v) is 2.47. The van der Waals surface area contributed by atoms with E-state index in [0.717, 1.165) is 4.73 Å². The maximum atomic E-state index is 11.3. The van der Waals surface area contributed by atoms with Gasteiger partial charge in [0.05, 0.1) is 6.10 Å². The Morgan fingerprint density at radius 1 is 1.58 bits per heavy atom. The first-order chi connectivity index (χ1) is 5.64. The van der Waals surface area contributed by atoms with Crippen molar-refractivity contribution < 1.29 is 9.47 Å². The highest BCUT2D eigenvalue weighted by atomic mass is 16.6. The standard InChI is InChI=1S/C9H11NO2/c1-7-9(2,12-7)8-5-3-4-6-10(8)11/h3-7H,1-2H3. The highest BCUT2D eigenvalue weighted by molar-refractivity contribution is 5.15. The van der Waals surface area contributed by atoms with E-state index in [2.05, 4.69) is 0 Å². The molecule has 2 heterocycles. The van der Waals surface area contributed by atoms with Crippen LogP contribution in [0.1, 0.15) is 19.5 Å². The molecule has 0 aliphatic carbocycles. The van der Waals surface area contributed by atoms with Gasteiger partial charge >= 0.3 is 0 Å². The highest BCUT2D eigenvalue weighted by Crippen LogP contribution is 2.43. The second-order valence-electron chi connectivity index (χ2n) is 3.28. The molecule has 1 aromatic rings. The summed E-state index contributed by atoms with van der Waals surface area (Å²) in [6.07, 6.45) is 1.65. The van der Waals surface area contributed by atoms with E-state index in [1.165, 1.54) is 6.20 Å². The summed E-state index contributed by atoms with van der Waals surface area (Å²) < 4.78 is 6.21. The molecule has 2 rings (SSSR count). The zero-order valence-corrected chi connectivity index (χ0v) is 7.15. The Hall–Kier alpha value is -1.09. The fourth-order valence-corrected chi connectivity index (χ4v) is 1.41. The van der Waals surface area contributed by atoms with Crippen LogP contribution in [-0.2, 0) is 10.3 Å². The minimum atomic E-state index is -0.358. The van der Waals surface area contributed by atoms with Crippen molar-refractivity contribution in [2.75, 3.05) is 0 Å². The summed E-state index contributed by atoms with van der Waals surface area (Å²) in [5.74, 6) is 0. The summed E-state index contributed by atoms with van der Waals surface area (Å²) >= 11 is 0. The van der Waals surface area contributed by atoms with Gasteiger partial charge in [0, 0.05) is 12.1 Å². The van der Waals surface area contributed by atoms with Crippen molar-refractivity contribution >= 4 is 0 Å². The summed E-state index contributed by atoms with van der Waals surface area (Å²) in [5, 5.41) is 11.3. The lowest BCUT2D eigenvalue weighted by Crippen LogP contribution is -2.35. The predicted octanol–water partition coefficient (Wildman–Crippen LogP) is 0.954. The highest BCUT2D eigenvalue weighted by Gasteiger charge is 2.55. The Balaban J connectivity index is 2.41. The predicted molar refractivity (Wildman–Crippen MR) is 43.3 cm³/mol. The molecule has 1 aromatic heterocycles. The van der Waals surface area contributed by atoms with E-state index in [1.807, 2.05) is 19.9 Å². The molecule has 2 unspecified atom stereocenters. The molecule has 0 bridgehead atoms. The number of ether oxygens (including phenoxy) is 1. The fraction of sp³-hybridized carbons (Fsp3) is 0.444.